The van der Waals surface area contributed by atoms with E-state index in [9.17, 15) is 4.79 Å². The molecule has 0 spiro atoms. The van der Waals surface area contributed by atoms with Crippen LogP contribution < -0.4 is 5.32 Å². The predicted molar refractivity (Wildman–Crippen MR) is 64.0 cm³/mol. The highest BCUT2D eigenvalue weighted by atomic mass is 16.1. The second-order valence-electron chi connectivity index (χ2n) is 3.47. The van der Waals surface area contributed by atoms with Crippen LogP contribution in [-0.4, -0.2) is 10.9 Å². The van der Waals surface area contributed by atoms with E-state index in [-0.39, 0.29) is 5.91 Å². The van der Waals surface area contributed by atoms with E-state index in [1.807, 2.05) is 36.4 Å². The summed E-state index contributed by atoms with van der Waals surface area (Å²) in [7, 11) is 0. The van der Waals surface area contributed by atoms with Crippen LogP contribution in [0.3, 0.4) is 0 Å². The lowest BCUT2D eigenvalue weighted by Crippen LogP contribution is -2.06. The molecule has 1 aromatic heterocycles. The summed E-state index contributed by atoms with van der Waals surface area (Å²) in [5.74, 6) is -0.0728. The van der Waals surface area contributed by atoms with Crippen molar-refractivity contribution >= 4 is 11.6 Å². The van der Waals surface area contributed by atoms with Crippen molar-refractivity contribution in [2.45, 2.75) is 6.92 Å². The number of rotatable bonds is 2. The van der Waals surface area contributed by atoms with Gasteiger partial charge in [-0.25, -0.2) is 0 Å². The lowest BCUT2D eigenvalue weighted by atomic mass is 10.1. The van der Waals surface area contributed by atoms with E-state index in [1.54, 1.807) is 12.4 Å². The highest BCUT2D eigenvalue weighted by molar-refractivity contribution is 5.93. The molecule has 0 aliphatic rings. The van der Waals surface area contributed by atoms with Gasteiger partial charge in [-0.2, -0.15) is 0 Å². The number of carbonyl (C=O) groups excluding carboxylic acids is 1. The van der Waals surface area contributed by atoms with Crippen molar-refractivity contribution in [1.29, 1.82) is 0 Å². The molecule has 1 amide bonds. The second-order valence-corrected chi connectivity index (χ2v) is 3.47. The number of amides is 1. The Hall–Kier alpha value is -2.16. The van der Waals surface area contributed by atoms with Gasteiger partial charge in [-0.1, -0.05) is 24.3 Å². The zero-order valence-electron chi connectivity index (χ0n) is 8.97. The zero-order chi connectivity index (χ0) is 11.4. The van der Waals surface area contributed by atoms with Crippen LogP contribution in [0.2, 0.25) is 0 Å². The Labute approximate surface area is 94.1 Å². The summed E-state index contributed by atoms with van der Waals surface area (Å²) in [5, 5.41) is 2.81. The lowest BCUT2D eigenvalue weighted by molar-refractivity contribution is -0.114. The highest BCUT2D eigenvalue weighted by Crippen LogP contribution is 2.26. The minimum Gasteiger partial charge on any atom is -0.326 e. The standard InChI is InChI=1S/C13H12N2O/c1-10(16)15-13-7-3-2-6-12(13)11-5-4-8-14-9-11/h2-9H,1H3,(H,15,16). The molecule has 1 heterocycles. The number of benzene rings is 1. The van der Waals surface area contributed by atoms with Crippen molar-refractivity contribution < 1.29 is 4.79 Å². The molecule has 16 heavy (non-hydrogen) atoms. The average Bonchev–Trinajstić information content (AvgIpc) is 2.30. The van der Waals surface area contributed by atoms with Crippen LogP contribution >= 0.6 is 0 Å². The number of aromatic nitrogens is 1. The molecule has 2 rings (SSSR count). The molecule has 0 aliphatic heterocycles. The number of hydrogen-bond acceptors (Lipinski definition) is 2. The minimum absolute atomic E-state index is 0.0728. The molecule has 1 aromatic carbocycles. The largest absolute Gasteiger partial charge is 0.326 e. The maximum Gasteiger partial charge on any atom is 0.221 e. The highest BCUT2D eigenvalue weighted by Gasteiger charge is 2.04. The Morgan fingerprint density at radius 2 is 2.00 bits per heavy atom. The van der Waals surface area contributed by atoms with Gasteiger partial charge >= 0.3 is 0 Å². The summed E-state index contributed by atoms with van der Waals surface area (Å²) in [4.78, 5) is 15.1. The third-order valence-electron chi connectivity index (χ3n) is 2.21. The Balaban J connectivity index is 2.44. The maximum atomic E-state index is 11.1. The van der Waals surface area contributed by atoms with Gasteiger partial charge in [0.05, 0.1) is 0 Å². The number of carbonyl (C=O) groups is 1. The number of para-hydroxylation sites is 1. The van der Waals surface area contributed by atoms with Gasteiger partial charge in [0, 0.05) is 36.1 Å². The van der Waals surface area contributed by atoms with Crippen LogP contribution in [0.1, 0.15) is 6.92 Å². The number of nitrogens with zero attached hydrogens (tertiary/aromatic N) is 1. The molecule has 0 bridgehead atoms. The Bertz CT molecular complexity index is 494. The molecule has 0 unspecified atom stereocenters. The van der Waals surface area contributed by atoms with Gasteiger partial charge < -0.3 is 5.32 Å². The van der Waals surface area contributed by atoms with Crippen molar-refractivity contribution in [1.82, 2.24) is 4.98 Å². The number of hydrogen-bond donors (Lipinski definition) is 1. The first-order chi connectivity index (χ1) is 7.77. The van der Waals surface area contributed by atoms with E-state index in [0.29, 0.717) is 0 Å². The average molecular weight is 212 g/mol. The molecule has 0 atom stereocenters. The van der Waals surface area contributed by atoms with Crippen LogP contribution in [0.4, 0.5) is 5.69 Å². The SMILES string of the molecule is CC(=O)Nc1ccccc1-c1cccnc1. The molecule has 0 aliphatic carbocycles. The molecule has 0 saturated heterocycles. The maximum absolute atomic E-state index is 11.1. The second kappa shape index (κ2) is 4.57. The molecule has 0 radical (unpaired) electrons. The van der Waals surface area contributed by atoms with Crippen molar-refractivity contribution in [3.8, 4) is 11.1 Å². The first kappa shape index (κ1) is 10.4. The van der Waals surface area contributed by atoms with Crippen LogP contribution in [0, 0.1) is 0 Å². The Morgan fingerprint density at radius 3 is 2.69 bits per heavy atom. The molecule has 3 nitrogen and oxygen atoms in total. The van der Waals surface area contributed by atoms with E-state index in [2.05, 4.69) is 10.3 Å². The lowest BCUT2D eigenvalue weighted by Gasteiger charge is -2.09. The summed E-state index contributed by atoms with van der Waals surface area (Å²) in [6, 6.07) is 11.5. The molecule has 0 fully saturated rings. The van der Waals surface area contributed by atoms with Gasteiger partial charge in [-0.15, -0.1) is 0 Å². The Morgan fingerprint density at radius 1 is 1.19 bits per heavy atom. The third kappa shape index (κ3) is 2.25. The van der Waals surface area contributed by atoms with Crippen LogP contribution in [0.5, 0.6) is 0 Å². The smallest absolute Gasteiger partial charge is 0.221 e. The molecule has 3 heteroatoms. The monoisotopic (exact) mass is 212 g/mol. The molecule has 1 N–H and O–H groups in total. The topological polar surface area (TPSA) is 42.0 Å². The molecular weight excluding hydrogens is 200 g/mol. The zero-order valence-corrected chi connectivity index (χ0v) is 8.97. The van der Waals surface area contributed by atoms with E-state index in [1.165, 1.54) is 6.92 Å². The summed E-state index contributed by atoms with van der Waals surface area (Å²) in [5.41, 5.74) is 2.78. The quantitative estimate of drug-likeness (QED) is 0.831. The van der Waals surface area contributed by atoms with Crippen LogP contribution in [-0.2, 0) is 4.79 Å². The third-order valence-corrected chi connectivity index (χ3v) is 2.21. The van der Waals surface area contributed by atoms with Gasteiger partial charge in [0.15, 0.2) is 0 Å². The van der Waals surface area contributed by atoms with Crippen molar-refractivity contribution in [3.63, 3.8) is 0 Å². The van der Waals surface area contributed by atoms with Crippen molar-refractivity contribution in [2.24, 2.45) is 0 Å². The normalized spacial score (nSPS) is 9.81. The molecular formula is C13H12N2O. The summed E-state index contributed by atoms with van der Waals surface area (Å²) >= 11 is 0. The van der Waals surface area contributed by atoms with Crippen molar-refractivity contribution in [3.05, 3.63) is 48.8 Å². The summed E-state index contributed by atoms with van der Waals surface area (Å²) in [6.07, 6.45) is 3.51. The molecule has 2 aromatic rings. The fraction of sp³-hybridized carbons (Fsp3) is 0.0769. The van der Waals surface area contributed by atoms with Gasteiger partial charge in [0.1, 0.15) is 0 Å². The Kier molecular flexibility index (Phi) is 2.96. The summed E-state index contributed by atoms with van der Waals surface area (Å²) < 4.78 is 0. The van der Waals surface area contributed by atoms with Gasteiger partial charge in [0.25, 0.3) is 0 Å². The molecule has 0 saturated carbocycles. The van der Waals surface area contributed by atoms with E-state index < -0.39 is 0 Å². The minimum atomic E-state index is -0.0728. The van der Waals surface area contributed by atoms with Gasteiger partial charge in [-0.3, -0.25) is 9.78 Å². The first-order valence-corrected chi connectivity index (χ1v) is 5.04. The van der Waals surface area contributed by atoms with Crippen molar-refractivity contribution in [2.75, 3.05) is 5.32 Å². The summed E-state index contributed by atoms with van der Waals surface area (Å²) in [6.45, 7) is 1.50. The van der Waals surface area contributed by atoms with Gasteiger partial charge in [-0.05, 0) is 12.1 Å². The number of anilines is 1. The first-order valence-electron chi connectivity index (χ1n) is 5.04. The van der Waals surface area contributed by atoms with Gasteiger partial charge in [0.2, 0.25) is 5.91 Å². The van der Waals surface area contributed by atoms with Crippen LogP contribution in [0.15, 0.2) is 48.8 Å². The number of nitrogens with one attached hydrogen (secondary N) is 1. The molecule has 80 valence electrons. The number of pyridine rings is 1. The van der Waals surface area contributed by atoms with E-state index >= 15 is 0 Å². The fourth-order valence-electron chi connectivity index (χ4n) is 1.56. The van der Waals surface area contributed by atoms with Crippen LogP contribution in [0.25, 0.3) is 11.1 Å². The predicted octanol–water partition coefficient (Wildman–Crippen LogP) is 2.71. The van der Waals surface area contributed by atoms with E-state index in [4.69, 9.17) is 0 Å². The fourth-order valence-corrected chi connectivity index (χ4v) is 1.56. The van der Waals surface area contributed by atoms with E-state index in [0.717, 1.165) is 16.8 Å².